The molecule has 0 fully saturated rings. The summed E-state index contributed by atoms with van der Waals surface area (Å²) in [5, 5.41) is 18.4. The maximum Gasteiger partial charge on any atom is 0.272 e. The second-order valence-corrected chi connectivity index (χ2v) is 12.3. The van der Waals surface area contributed by atoms with Crippen LogP contribution in [-0.4, -0.2) is 75.8 Å². The van der Waals surface area contributed by atoms with Crippen LogP contribution in [0.1, 0.15) is 77.4 Å². The van der Waals surface area contributed by atoms with Crippen LogP contribution in [0.25, 0.3) is 0 Å². The molecular formula is C34H43Cl3N10O4. The number of amidine groups is 1. The number of aromatic amines is 3. The topological polar surface area (TPSA) is 217 Å². The van der Waals surface area contributed by atoms with E-state index in [4.69, 9.17) is 34.3 Å². The normalized spacial score (nSPS) is 10.6. The summed E-state index contributed by atoms with van der Waals surface area (Å²) in [6.07, 6.45) is 5.51. The number of aryl methyl sites for hydroxylation is 1. The number of nitrogens with one attached hydrogen (secondary N) is 8. The molecule has 4 rings (SSSR count). The van der Waals surface area contributed by atoms with E-state index in [1.165, 1.54) is 12.4 Å². The summed E-state index contributed by atoms with van der Waals surface area (Å²) in [4.78, 5) is 63.0. The number of alkyl halides is 2. The summed E-state index contributed by atoms with van der Waals surface area (Å²) in [7, 11) is 0. The van der Waals surface area contributed by atoms with Crippen LogP contribution in [0.5, 0.6) is 0 Å². The molecule has 10 N–H and O–H groups in total. The van der Waals surface area contributed by atoms with E-state index < -0.39 is 11.8 Å². The SMILES string of the molecule is CCc1cc(C(=O)Nc2c[nH]c(C(=O)Nc3c[nH]c(C(=O)Nc4c[nH]c(C(=O)NCCC(=N)N)c4C)c3C)c2C)ccc1N(CCCl)CCCl.Cl. The Morgan fingerprint density at radius 3 is 1.65 bits per heavy atom. The zero-order chi connectivity index (χ0) is 36.5. The monoisotopic (exact) mass is 760 g/mol. The number of hydrogen-bond acceptors (Lipinski definition) is 6. The number of rotatable bonds is 16. The molecule has 0 bridgehead atoms. The first-order valence-corrected chi connectivity index (χ1v) is 17.1. The summed E-state index contributed by atoms with van der Waals surface area (Å²) < 4.78 is 0. The van der Waals surface area contributed by atoms with Gasteiger partial charge in [-0.3, -0.25) is 24.6 Å². The third kappa shape index (κ3) is 9.66. The fourth-order valence-electron chi connectivity index (χ4n) is 5.42. The van der Waals surface area contributed by atoms with Gasteiger partial charge in [0.25, 0.3) is 23.6 Å². The second kappa shape index (κ2) is 18.4. The van der Waals surface area contributed by atoms with Gasteiger partial charge < -0.3 is 46.9 Å². The van der Waals surface area contributed by atoms with Gasteiger partial charge in [0.2, 0.25) is 0 Å². The minimum absolute atomic E-state index is 0. The van der Waals surface area contributed by atoms with Crippen molar-refractivity contribution in [2.75, 3.05) is 52.2 Å². The number of amides is 4. The smallest absolute Gasteiger partial charge is 0.272 e. The zero-order valence-electron chi connectivity index (χ0n) is 28.7. The van der Waals surface area contributed by atoms with Gasteiger partial charge in [-0.25, -0.2) is 0 Å². The highest BCUT2D eigenvalue weighted by Crippen LogP contribution is 2.27. The maximum atomic E-state index is 13.3. The van der Waals surface area contributed by atoms with Crippen molar-refractivity contribution in [3.05, 3.63) is 81.7 Å². The molecule has 0 aliphatic heterocycles. The molecule has 4 aromatic rings. The van der Waals surface area contributed by atoms with E-state index in [-0.39, 0.29) is 60.1 Å². The molecule has 14 nitrogen and oxygen atoms in total. The third-order valence-electron chi connectivity index (χ3n) is 8.30. The van der Waals surface area contributed by atoms with Gasteiger partial charge in [0.05, 0.1) is 22.9 Å². The number of nitrogens with zero attached hydrogens (tertiary/aromatic N) is 1. The fourth-order valence-corrected chi connectivity index (χ4v) is 5.83. The predicted octanol–water partition coefficient (Wildman–Crippen LogP) is 5.68. The van der Waals surface area contributed by atoms with Gasteiger partial charge in [0.15, 0.2) is 0 Å². The molecule has 3 aromatic heterocycles. The van der Waals surface area contributed by atoms with Crippen LogP contribution in [0.3, 0.4) is 0 Å². The number of carbonyl (C=O) groups is 4. The molecule has 0 saturated carbocycles. The molecule has 0 aliphatic carbocycles. The summed E-state index contributed by atoms with van der Waals surface area (Å²) in [6.45, 7) is 8.60. The van der Waals surface area contributed by atoms with Crippen LogP contribution in [-0.2, 0) is 6.42 Å². The number of hydrogen-bond donors (Lipinski definition) is 9. The Kier molecular flexibility index (Phi) is 14.6. The van der Waals surface area contributed by atoms with Crippen LogP contribution in [0.4, 0.5) is 22.7 Å². The van der Waals surface area contributed by atoms with Crippen molar-refractivity contribution < 1.29 is 19.2 Å². The number of aromatic nitrogens is 3. The Balaban J connectivity index is 0.00000702. The Morgan fingerprint density at radius 1 is 0.765 bits per heavy atom. The summed E-state index contributed by atoms with van der Waals surface area (Å²) in [5.41, 5.74) is 11.3. The first kappa shape index (κ1) is 40.5. The predicted molar refractivity (Wildman–Crippen MR) is 206 cm³/mol. The molecule has 1 aromatic carbocycles. The van der Waals surface area contributed by atoms with E-state index in [9.17, 15) is 19.2 Å². The molecule has 0 saturated heterocycles. The van der Waals surface area contributed by atoms with Crippen molar-refractivity contribution in [2.24, 2.45) is 5.73 Å². The average Bonchev–Trinajstić information content (AvgIpc) is 3.76. The van der Waals surface area contributed by atoms with Crippen LogP contribution in [0.15, 0.2) is 36.8 Å². The minimum atomic E-state index is -0.472. The van der Waals surface area contributed by atoms with Crippen LogP contribution >= 0.6 is 35.6 Å². The number of carbonyl (C=O) groups excluding carboxylic acids is 4. The van der Waals surface area contributed by atoms with Crippen molar-refractivity contribution in [2.45, 2.75) is 40.5 Å². The Hall–Kier alpha value is -4.92. The molecular weight excluding hydrogens is 719 g/mol. The highest BCUT2D eigenvalue weighted by molar-refractivity contribution is 6.18. The number of nitrogens with two attached hydrogens (primary N) is 1. The maximum absolute atomic E-state index is 13.3. The summed E-state index contributed by atoms with van der Waals surface area (Å²) in [5.74, 6) is -0.775. The lowest BCUT2D eigenvalue weighted by molar-refractivity contribution is 0.0947. The van der Waals surface area contributed by atoms with Crippen molar-refractivity contribution in [1.29, 1.82) is 5.41 Å². The van der Waals surface area contributed by atoms with E-state index in [1.54, 1.807) is 33.0 Å². The van der Waals surface area contributed by atoms with E-state index in [0.717, 1.165) is 11.3 Å². The highest BCUT2D eigenvalue weighted by atomic mass is 35.5. The first-order valence-electron chi connectivity index (χ1n) is 16.0. The highest BCUT2D eigenvalue weighted by Gasteiger charge is 2.22. The van der Waals surface area contributed by atoms with Gasteiger partial charge in [0, 0.05) is 84.3 Å². The quantitative estimate of drug-likeness (QED) is 0.0398. The van der Waals surface area contributed by atoms with Gasteiger partial charge in [-0.1, -0.05) is 6.92 Å². The van der Waals surface area contributed by atoms with Gasteiger partial charge in [-0.05, 0) is 51.0 Å². The summed E-state index contributed by atoms with van der Waals surface area (Å²) >= 11 is 12.0. The number of halogens is 3. The number of benzene rings is 1. The largest absolute Gasteiger partial charge is 0.388 e. The molecule has 0 spiro atoms. The Morgan fingerprint density at radius 2 is 1.22 bits per heavy atom. The van der Waals surface area contributed by atoms with Crippen molar-refractivity contribution >= 4 is 87.8 Å². The van der Waals surface area contributed by atoms with Crippen LogP contribution < -0.4 is 31.9 Å². The lowest BCUT2D eigenvalue weighted by Gasteiger charge is -2.25. The Labute approximate surface area is 311 Å². The molecule has 0 atom stereocenters. The molecule has 0 unspecified atom stereocenters. The standard InChI is InChI=1S/C34H42Cl2N10O4.ClH/c1-5-21-14-22(6-7-26(21)46(12-9-35)13-10-36)31(47)43-23-15-41-29(19(23)3)33(49)45-25-17-42-30(20(25)4)34(50)44-24-16-40-28(18(24)2)32(48)39-11-8-27(37)38;/h6-7,14-17,40-42H,5,8-13H2,1-4H3,(H3,37,38)(H,39,48)(H,43,47)(H,44,50)(H,45,49);1H. The summed E-state index contributed by atoms with van der Waals surface area (Å²) in [6, 6.07) is 5.51. The second-order valence-electron chi connectivity index (χ2n) is 11.6. The lowest BCUT2D eigenvalue weighted by atomic mass is 10.0. The molecule has 17 heteroatoms. The average molecular weight is 762 g/mol. The van der Waals surface area contributed by atoms with Crippen LogP contribution in [0, 0.1) is 26.2 Å². The fraction of sp³-hybridized carbons (Fsp3) is 0.324. The van der Waals surface area contributed by atoms with Crippen molar-refractivity contribution in [3.63, 3.8) is 0 Å². The minimum Gasteiger partial charge on any atom is -0.388 e. The third-order valence-corrected chi connectivity index (χ3v) is 8.64. The molecule has 274 valence electrons. The van der Waals surface area contributed by atoms with Crippen molar-refractivity contribution in [3.8, 4) is 0 Å². The molecule has 0 aliphatic rings. The van der Waals surface area contributed by atoms with Crippen LogP contribution in [0.2, 0.25) is 0 Å². The van der Waals surface area contributed by atoms with E-state index >= 15 is 0 Å². The zero-order valence-corrected chi connectivity index (χ0v) is 31.1. The number of anilines is 4. The molecule has 4 amide bonds. The molecule has 3 heterocycles. The van der Waals surface area contributed by atoms with Gasteiger partial charge in [-0.15, -0.1) is 35.6 Å². The Bertz CT molecular complexity index is 1890. The van der Waals surface area contributed by atoms with E-state index in [0.29, 0.717) is 70.6 Å². The van der Waals surface area contributed by atoms with Crippen molar-refractivity contribution in [1.82, 2.24) is 20.3 Å². The molecule has 0 radical (unpaired) electrons. The molecule has 51 heavy (non-hydrogen) atoms. The lowest BCUT2D eigenvalue weighted by Crippen LogP contribution is -2.28. The first-order chi connectivity index (χ1) is 23.9. The van der Waals surface area contributed by atoms with E-state index in [1.807, 2.05) is 19.1 Å². The van der Waals surface area contributed by atoms with E-state index in [2.05, 4.69) is 41.1 Å². The van der Waals surface area contributed by atoms with Gasteiger partial charge in [-0.2, -0.15) is 0 Å². The van der Waals surface area contributed by atoms with Gasteiger partial charge >= 0.3 is 0 Å². The van der Waals surface area contributed by atoms with Gasteiger partial charge in [0.1, 0.15) is 17.1 Å². The number of H-pyrrole nitrogens is 3.